The number of nitrogens with one attached hydrogen (secondary N) is 1. The van der Waals surface area contributed by atoms with Gasteiger partial charge in [0.05, 0.1) is 6.04 Å². The maximum absolute atomic E-state index is 4.43. The first-order valence-corrected chi connectivity index (χ1v) is 7.70. The third-order valence-corrected chi connectivity index (χ3v) is 3.83. The number of aryl methyl sites for hydroxylation is 1. The molecule has 3 nitrogen and oxygen atoms in total. The van der Waals surface area contributed by atoms with Crippen molar-refractivity contribution in [3.05, 3.63) is 59.8 Å². The Hall–Kier alpha value is -1.87. The molecule has 1 atom stereocenters. The van der Waals surface area contributed by atoms with Crippen LogP contribution in [0.2, 0.25) is 0 Å². The molecule has 2 rings (SSSR count). The first-order chi connectivity index (χ1) is 10.2. The lowest BCUT2D eigenvalue weighted by molar-refractivity contribution is 0.228. The van der Waals surface area contributed by atoms with E-state index in [1.54, 1.807) is 0 Å². The summed E-state index contributed by atoms with van der Waals surface area (Å²) in [5.74, 6) is 0.939. The van der Waals surface area contributed by atoms with Gasteiger partial charge in [-0.1, -0.05) is 50.2 Å². The number of hydrogen-bond acceptors (Lipinski definition) is 3. The molecule has 0 aliphatic rings. The molecular weight excluding hydrogens is 258 g/mol. The van der Waals surface area contributed by atoms with Gasteiger partial charge in [-0.2, -0.15) is 0 Å². The Morgan fingerprint density at radius 1 is 1.05 bits per heavy atom. The summed E-state index contributed by atoms with van der Waals surface area (Å²) in [6, 6.07) is 15.2. The van der Waals surface area contributed by atoms with Gasteiger partial charge in [0, 0.05) is 12.7 Å². The molecule has 1 unspecified atom stereocenters. The number of likely N-dealkylation sites (N-methyl/N-ethyl adjacent to an activating group) is 1. The van der Waals surface area contributed by atoms with E-state index in [-0.39, 0.29) is 0 Å². The fourth-order valence-corrected chi connectivity index (χ4v) is 2.57. The first-order valence-electron chi connectivity index (χ1n) is 7.70. The highest BCUT2D eigenvalue weighted by atomic mass is 15.2. The van der Waals surface area contributed by atoms with Crippen molar-refractivity contribution < 1.29 is 0 Å². The van der Waals surface area contributed by atoms with Crippen LogP contribution < -0.4 is 5.32 Å². The molecule has 2 aromatic rings. The van der Waals surface area contributed by atoms with Crippen molar-refractivity contribution in [2.24, 2.45) is 0 Å². The predicted octanol–water partition coefficient (Wildman–Crippen LogP) is 3.89. The second kappa shape index (κ2) is 7.79. The summed E-state index contributed by atoms with van der Waals surface area (Å²) in [6.07, 6.45) is 1.90. The van der Waals surface area contributed by atoms with E-state index in [0.29, 0.717) is 6.04 Å². The van der Waals surface area contributed by atoms with Crippen LogP contribution in [0.15, 0.2) is 48.7 Å². The molecule has 0 aliphatic carbocycles. The van der Waals surface area contributed by atoms with Gasteiger partial charge in [-0.25, -0.2) is 4.98 Å². The lowest BCUT2D eigenvalue weighted by Gasteiger charge is -2.30. The van der Waals surface area contributed by atoms with E-state index in [1.165, 1.54) is 11.1 Å². The average Bonchev–Trinajstić information content (AvgIpc) is 2.54. The van der Waals surface area contributed by atoms with Crippen LogP contribution in [0.5, 0.6) is 0 Å². The Labute approximate surface area is 128 Å². The van der Waals surface area contributed by atoms with Crippen LogP contribution in [0.25, 0.3) is 0 Å². The molecule has 1 aromatic heterocycles. The number of hydrogen-bond donors (Lipinski definition) is 1. The molecule has 1 heterocycles. The third kappa shape index (κ3) is 4.30. The number of rotatable bonds is 7. The highest BCUT2D eigenvalue weighted by molar-refractivity contribution is 5.36. The van der Waals surface area contributed by atoms with Crippen LogP contribution >= 0.6 is 0 Å². The maximum atomic E-state index is 4.43. The largest absolute Gasteiger partial charge is 0.368 e. The van der Waals surface area contributed by atoms with Crippen LogP contribution in [-0.4, -0.2) is 29.5 Å². The molecular formula is C18H25N3. The van der Waals surface area contributed by atoms with Gasteiger partial charge >= 0.3 is 0 Å². The molecule has 112 valence electrons. The fraction of sp³-hybridized carbons (Fsp3) is 0.389. The molecule has 21 heavy (non-hydrogen) atoms. The van der Waals surface area contributed by atoms with Crippen molar-refractivity contribution in [2.75, 3.05) is 25.0 Å². The van der Waals surface area contributed by atoms with Gasteiger partial charge in [0.15, 0.2) is 0 Å². The van der Waals surface area contributed by atoms with Crippen molar-refractivity contribution >= 4 is 5.82 Å². The van der Waals surface area contributed by atoms with Crippen molar-refractivity contribution in [1.82, 2.24) is 9.88 Å². The van der Waals surface area contributed by atoms with Crippen molar-refractivity contribution in [3.8, 4) is 0 Å². The number of aromatic nitrogens is 1. The predicted molar refractivity (Wildman–Crippen MR) is 89.6 cm³/mol. The highest BCUT2D eigenvalue weighted by Crippen LogP contribution is 2.20. The molecule has 0 saturated heterocycles. The van der Waals surface area contributed by atoms with Crippen LogP contribution in [0.3, 0.4) is 0 Å². The van der Waals surface area contributed by atoms with E-state index in [4.69, 9.17) is 0 Å². The van der Waals surface area contributed by atoms with E-state index in [2.05, 4.69) is 72.4 Å². The van der Waals surface area contributed by atoms with Crippen LogP contribution in [0.1, 0.15) is 31.0 Å². The lowest BCUT2D eigenvalue weighted by atomic mass is 10.1. The summed E-state index contributed by atoms with van der Waals surface area (Å²) in [5, 5.41) is 3.47. The van der Waals surface area contributed by atoms with E-state index in [0.717, 1.165) is 25.5 Å². The normalized spacial score (nSPS) is 12.4. The molecule has 1 N–H and O–H groups in total. The first kappa shape index (κ1) is 15.5. The Bertz CT molecular complexity index is 518. The van der Waals surface area contributed by atoms with Crippen LogP contribution in [-0.2, 0) is 0 Å². The van der Waals surface area contributed by atoms with Gasteiger partial charge in [0.1, 0.15) is 5.82 Å². The number of pyridine rings is 1. The highest BCUT2D eigenvalue weighted by Gasteiger charge is 2.17. The average molecular weight is 283 g/mol. The third-order valence-electron chi connectivity index (χ3n) is 3.83. The van der Waals surface area contributed by atoms with Gasteiger partial charge in [0.2, 0.25) is 0 Å². The molecule has 0 aliphatic heterocycles. The second-order valence-corrected chi connectivity index (χ2v) is 5.25. The van der Waals surface area contributed by atoms with Crippen LogP contribution in [0.4, 0.5) is 5.82 Å². The smallest absolute Gasteiger partial charge is 0.125 e. The molecule has 0 saturated carbocycles. The molecule has 1 aromatic carbocycles. The maximum Gasteiger partial charge on any atom is 0.125 e. The Kier molecular flexibility index (Phi) is 5.76. The Morgan fingerprint density at radius 2 is 1.76 bits per heavy atom. The van der Waals surface area contributed by atoms with Crippen LogP contribution in [0, 0.1) is 6.92 Å². The molecule has 3 heteroatoms. The number of anilines is 1. The minimum absolute atomic E-state index is 0.365. The van der Waals surface area contributed by atoms with Crippen molar-refractivity contribution in [2.45, 2.75) is 26.8 Å². The fourth-order valence-electron chi connectivity index (χ4n) is 2.57. The standard InChI is InChI=1S/C18H25N3/c1-4-21(5-2)17(16-9-7-6-8-10-16)14-20-18-12-11-15(3)13-19-18/h6-13,17H,4-5,14H2,1-3H3,(H,19,20). The summed E-state index contributed by atoms with van der Waals surface area (Å²) in [7, 11) is 0. The van der Waals surface area contributed by atoms with Gasteiger partial charge in [-0.15, -0.1) is 0 Å². The molecule has 0 bridgehead atoms. The van der Waals surface area contributed by atoms with Crippen molar-refractivity contribution in [1.29, 1.82) is 0 Å². The van der Waals surface area contributed by atoms with Gasteiger partial charge < -0.3 is 5.32 Å². The Morgan fingerprint density at radius 3 is 2.33 bits per heavy atom. The molecule has 0 radical (unpaired) electrons. The summed E-state index contributed by atoms with van der Waals surface area (Å²) in [5.41, 5.74) is 2.53. The minimum Gasteiger partial charge on any atom is -0.368 e. The van der Waals surface area contributed by atoms with E-state index < -0.39 is 0 Å². The summed E-state index contributed by atoms with van der Waals surface area (Å²) in [4.78, 5) is 6.89. The number of nitrogens with zero attached hydrogens (tertiary/aromatic N) is 2. The minimum atomic E-state index is 0.365. The molecule has 0 spiro atoms. The van der Waals surface area contributed by atoms with E-state index in [1.807, 2.05) is 12.3 Å². The number of benzene rings is 1. The zero-order chi connectivity index (χ0) is 15.1. The quantitative estimate of drug-likeness (QED) is 0.835. The van der Waals surface area contributed by atoms with Crippen molar-refractivity contribution in [3.63, 3.8) is 0 Å². The SMILES string of the molecule is CCN(CC)C(CNc1ccc(C)cn1)c1ccccc1. The van der Waals surface area contributed by atoms with Gasteiger partial charge in [-0.3, -0.25) is 4.90 Å². The molecule has 0 fully saturated rings. The van der Waals surface area contributed by atoms with Gasteiger partial charge in [-0.05, 0) is 37.2 Å². The zero-order valence-corrected chi connectivity index (χ0v) is 13.2. The summed E-state index contributed by atoms with van der Waals surface area (Å²) >= 11 is 0. The topological polar surface area (TPSA) is 28.2 Å². The summed E-state index contributed by atoms with van der Waals surface area (Å²) < 4.78 is 0. The van der Waals surface area contributed by atoms with E-state index >= 15 is 0 Å². The monoisotopic (exact) mass is 283 g/mol. The molecule has 0 amide bonds. The Balaban J connectivity index is 2.10. The zero-order valence-electron chi connectivity index (χ0n) is 13.2. The van der Waals surface area contributed by atoms with Gasteiger partial charge in [0.25, 0.3) is 0 Å². The lowest BCUT2D eigenvalue weighted by Crippen LogP contribution is -2.33. The van der Waals surface area contributed by atoms with E-state index in [9.17, 15) is 0 Å². The second-order valence-electron chi connectivity index (χ2n) is 5.25. The summed E-state index contributed by atoms with van der Waals surface area (Å²) in [6.45, 7) is 9.42.